The van der Waals surface area contributed by atoms with Crippen LogP contribution in [0.1, 0.15) is 41.0 Å². The first kappa shape index (κ1) is 11.2. The van der Waals surface area contributed by atoms with Crippen LogP contribution < -0.4 is 0 Å². The highest BCUT2D eigenvalue weighted by Crippen LogP contribution is 2.16. The van der Waals surface area contributed by atoms with Gasteiger partial charge in [-0.25, -0.2) is 0 Å². The van der Waals surface area contributed by atoms with Gasteiger partial charge in [0, 0.05) is 12.1 Å². The zero-order valence-electron chi connectivity index (χ0n) is 8.26. The van der Waals surface area contributed by atoms with Crippen LogP contribution in [0.5, 0.6) is 0 Å². The molecule has 1 atom stereocenters. The molecule has 0 saturated heterocycles. The van der Waals surface area contributed by atoms with Gasteiger partial charge < -0.3 is 0 Å². The first-order chi connectivity index (χ1) is 5.00. The van der Waals surface area contributed by atoms with Gasteiger partial charge in [-0.15, -0.1) is 11.6 Å². The van der Waals surface area contributed by atoms with Crippen molar-refractivity contribution in [3.05, 3.63) is 0 Å². The zero-order valence-corrected chi connectivity index (χ0v) is 9.02. The molecule has 11 heavy (non-hydrogen) atoms. The second-order valence-corrected chi connectivity index (χ2v) is 3.98. The summed E-state index contributed by atoms with van der Waals surface area (Å²) in [4.78, 5) is 2.32. The Morgan fingerprint density at radius 1 is 1.09 bits per heavy atom. The summed E-state index contributed by atoms with van der Waals surface area (Å²) >= 11 is 6.15. The van der Waals surface area contributed by atoms with Crippen molar-refractivity contribution < 1.29 is 0 Å². The summed E-state index contributed by atoms with van der Waals surface area (Å²) in [6.07, 6.45) is 1.01. The van der Waals surface area contributed by atoms with Crippen LogP contribution in [-0.2, 0) is 0 Å². The third-order valence-electron chi connectivity index (χ3n) is 1.85. The van der Waals surface area contributed by atoms with Crippen LogP contribution in [0, 0.1) is 0 Å². The highest BCUT2D eigenvalue weighted by atomic mass is 35.5. The normalized spacial score (nSPS) is 15.0. The molecule has 0 saturated carbocycles. The van der Waals surface area contributed by atoms with E-state index in [0.29, 0.717) is 12.1 Å². The third-order valence-corrected chi connectivity index (χ3v) is 2.39. The summed E-state index contributed by atoms with van der Waals surface area (Å²) in [6.45, 7) is 10.9. The van der Waals surface area contributed by atoms with Gasteiger partial charge >= 0.3 is 0 Å². The van der Waals surface area contributed by atoms with E-state index < -0.39 is 0 Å². The van der Waals surface area contributed by atoms with Crippen LogP contribution in [0.15, 0.2) is 0 Å². The Bertz CT molecular complexity index is 93.7. The van der Waals surface area contributed by atoms with E-state index in [4.69, 9.17) is 11.6 Å². The Hall–Kier alpha value is 0.250. The first-order valence-corrected chi connectivity index (χ1v) is 4.85. The second kappa shape index (κ2) is 5.00. The van der Waals surface area contributed by atoms with Gasteiger partial charge in [0.05, 0.1) is 5.50 Å². The van der Waals surface area contributed by atoms with E-state index in [-0.39, 0.29) is 5.50 Å². The molecular formula is C9H20ClN. The molecule has 68 valence electrons. The average Bonchev–Trinajstić information content (AvgIpc) is 1.85. The van der Waals surface area contributed by atoms with E-state index in [1.807, 2.05) is 0 Å². The fourth-order valence-corrected chi connectivity index (χ4v) is 1.90. The number of rotatable bonds is 4. The number of halogens is 1. The van der Waals surface area contributed by atoms with Gasteiger partial charge in [-0.1, -0.05) is 6.92 Å². The molecule has 0 radical (unpaired) electrons. The summed E-state index contributed by atoms with van der Waals surface area (Å²) in [5.74, 6) is 0. The molecule has 0 aliphatic carbocycles. The lowest BCUT2D eigenvalue weighted by atomic mass is 10.2. The molecule has 0 aromatic heterocycles. The van der Waals surface area contributed by atoms with Crippen molar-refractivity contribution in [2.24, 2.45) is 0 Å². The minimum atomic E-state index is 0.190. The van der Waals surface area contributed by atoms with Crippen LogP contribution in [0.2, 0.25) is 0 Å². The van der Waals surface area contributed by atoms with Gasteiger partial charge in [-0.3, -0.25) is 4.90 Å². The van der Waals surface area contributed by atoms with Crippen LogP contribution in [0.3, 0.4) is 0 Å². The molecule has 0 heterocycles. The number of alkyl halides is 1. The van der Waals surface area contributed by atoms with E-state index in [1.165, 1.54) is 0 Å². The summed E-state index contributed by atoms with van der Waals surface area (Å²) in [5, 5.41) is 0. The Morgan fingerprint density at radius 2 is 1.45 bits per heavy atom. The maximum atomic E-state index is 6.15. The summed E-state index contributed by atoms with van der Waals surface area (Å²) in [7, 11) is 0. The lowest BCUT2D eigenvalue weighted by Gasteiger charge is -2.34. The van der Waals surface area contributed by atoms with Crippen molar-refractivity contribution in [2.45, 2.75) is 58.6 Å². The van der Waals surface area contributed by atoms with Crippen molar-refractivity contribution in [3.8, 4) is 0 Å². The third kappa shape index (κ3) is 3.44. The Labute approximate surface area is 75.7 Å². The van der Waals surface area contributed by atoms with E-state index in [0.717, 1.165) is 6.42 Å². The molecule has 0 N–H and O–H groups in total. The molecule has 0 aromatic carbocycles. The highest BCUT2D eigenvalue weighted by Gasteiger charge is 2.19. The predicted molar refractivity (Wildman–Crippen MR) is 52.0 cm³/mol. The average molecular weight is 178 g/mol. The molecule has 1 unspecified atom stereocenters. The quantitative estimate of drug-likeness (QED) is 0.471. The van der Waals surface area contributed by atoms with Crippen LogP contribution in [0.25, 0.3) is 0 Å². The van der Waals surface area contributed by atoms with Crippen LogP contribution in [-0.4, -0.2) is 22.5 Å². The van der Waals surface area contributed by atoms with Crippen molar-refractivity contribution in [1.29, 1.82) is 0 Å². The number of hydrogen-bond acceptors (Lipinski definition) is 1. The highest BCUT2D eigenvalue weighted by molar-refractivity contribution is 6.20. The number of nitrogens with zero attached hydrogens (tertiary/aromatic N) is 1. The van der Waals surface area contributed by atoms with Gasteiger partial charge in [0.2, 0.25) is 0 Å². The molecule has 0 bridgehead atoms. The minimum Gasteiger partial charge on any atom is -0.283 e. The molecule has 0 aliphatic rings. The van der Waals surface area contributed by atoms with Gasteiger partial charge in [0.1, 0.15) is 0 Å². The number of hydrogen-bond donors (Lipinski definition) is 0. The maximum Gasteiger partial charge on any atom is 0.0852 e. The molecule has 0 fully saturated rings. The van der Waals surface area contributed by atoms with Crippen molar-refractivity contribution in [3.63, 3.8) is 0 Å². The molecule has 0 rings (SSSR count). The topological polar surface area (TPSA) is 3.24 Å². The fourth-order valence-electron chi connectivity index (χ4n) is 1.45. The van der Waals surface area contributed by atoms with Crippen molar-refractivity contribution in [2.75, 3.05) is 0 Å². The standard InChI is InChI=1S/C9H20ClN/c1-6-9(10)11(7(2)3)8(4)5/h7-9H,6H2,1-5H3. The second-order valence-electron chi connectivity index (χ2n) is 3.48. The Balaban J connectivity index is 4.09. The molecule has 2 heteroatoms. The molecular weight excluding hydrogens is 158 g/mol. The lowest BCUT2D eigenvalue weighted by Crippen LogP contribution is -2.42. The van der Waals surface area contributed by atoms with E-state index >= 15 is 0 Å². The molecule has 0 amide bonds. The monoisotopic (exact) mass is 177 g/mol. The largest absolute Gasteiger partial charge is 0.283 e. The summed E-state index contributed by atoms with van der Waals surface area (Å²) < 4.78 is 0. The minimum absolute atomic E-state index is 0.190. The van der Waals surface area contributed by atoms with Crippen LogP contribution in [0.4, 0.5) is 0 Å². The van der Waals surface area contributed by atoms with Crippen molar-refractivity contribution >= 4 is 11.6 Å². The van der Waals surface area contributed by atoms with E-state index in [2.05, 4.69) is 39.5 Å². The van der Waals surface area contributed by atoms with Crippen LogP contribution >= 0.6 is 11.6 Å². The fraction of sp³-hybridized carbons (Fsp3) is 1.00. The van der Waals surface area contributed by atoms with Gasteiger partial charge in [-0.05, 0) is 34.1 Å². The zero-order chi connectivity index (χ0) is 9.02. The molecule has 0 aromatic rings. The molecule has 0 spiro atoms. The lowest BCUT2D eigenvalue weighted by molar-refractivity contribution is 0.153. The Kier molecular flexibility index (Phi) is 5.11. The smallest absolute Gasteiger partial charge is 0.0852 e. The van der Waals surface area contributed by atoms with E-state index in [9.17, 15) is 0 Å². The first-order valence-electron chi connectivity index (χ1n) is 4.42. The van der Waals surface area contributed by atoms with E-state index in [1.54, 1.807) is 0 Å². The van der Waals surface area contributed by atoms with Gasteiger partial charge in [0.25, 0.3) is 0 Å². The van der Waals surface area contributed by atoms with Gasteiger partial charge in [-0.2, -0.15) is 0 Å². The maximum absolute atomic E-state index is 6.15. The summed E-state index contributed by atoms with van der Waals surface area (Å²) in [6, 6.07) is 1.08. The van der Waals surface area contributed by atoms with Crippen molar-refractivity contribution in [1.82, 2.24) is 4.90 Å². The molecule has 1 nitrogen and oxygen atoms in total. The Morgan fingerprint density at radius 3 is 1.55 bits per heavy atom. The van der Waals surface area contributed by atoms with Gasteiger partial charge in [0.15, 0.2) is 0 Å². The molecule has 0 aliphatic heterocycles. The summed E-state index contributed by atoms with van der Waals surface area (Å²) in [5.41, 5.74) is 0.190. The SMILES string of the molecule is CCC(Cl)N(C(C)C)C(C)C. The predicted octanol–water partition coefficient (Wildman–Crippen LogP) is 3.08.